The Balaban J connectivity index is 2.31. The summed E-state index contributed by atoms with van der Waals surface area (Å²) in [5.41, 5.74) is 2.44. The Morgan fingerprint density at radius 2 is 1.86 bits per heavy atom. The molecule has 0 aromatic heterocycles. The van der Waals surface area contributed by atoms with Crippen LogP contribution in [0.3, 0.4) is 0 Å². The zero-order valence-electron chi connectivity index (χ0n) is 12.3. The van der Waals surface area contributed by atoms with Gasteiger partial charge in [-0.2, -0.15) is 5.26 Å². The number of rotatable bonds is 2. The third-order valence-electron chi connectivity index (χ3n) is 3.80. The summed E-state index contributed by atoms with van der Waals surface area (Å²) in [5.74, 6) is 0.849. The summed E-state index contributed by atoms with van der Waals surface area (Å²) in [4.78, 5) is 0. The van der Waals surface area contributed by atoms with Crippen LogP contribution in [0.5, 0.6) is 0 Å². The molecule has 1 aliphatic carbocycles. The average Bonchev–Trinajstić information content (AvgIpc) is 2.53. The summed E-state index contributed by atoms with van der Waals surface area (Å²) in [7, 11) is 0. The Morgan fingerprint density at radius 1 is 1.05 bits per heavy atom. The molecule has 0 saturated carbocycles. The van der Waals surface area contributed by atoms with Crippen LogP contribution in [0.15, 0.2) is 46.9 Å². The van der Waals surface area contributed by atoms with Crippen LogP contribution >= 0.6 is 0 Å². The second kappa shape index (κ2) is 5.41. The second-order valence-electron chi connectivity index (χ2n) is 5.01. The third kappa shape index (κ3) is 2.41. The molecule has 0 atom stereocenters. The monoisotopic (exact) mass is 277 g/mol. The molecule has 3 rings (SSSR count). The van der Waals surface area contributed by atoms with Crippen LogP contribution in [0.25, 0.3) is 22.3 Å². The van der Waals surface area contributed by atoms with E-state index in [9.17, 15) is 0 Å². The van der Waals surface area contributed by atoms with E-state index < -0.39 is 0 Å². The predicted octanol–water partition coefficient (Wildman–Crippen LogP) is 3.22. The van der Waals surface area contributed by atoms with Crippen molar-refractivity contribution in [3.63, 3.8) is 0 Å². The minimum absolute atomic E-state index is 0.616. The Bertz CT molecular complexity index is 878. The highest BCUT2D eigenvalue weighted by Gasteiger charge is 2.10. The first-order valence-corrected chi connectivity index (χ1v) is 7.21. The van der Waals surface area contributed by atoms with Crippen molar-refractivity contribution in [3.05, 3.63) is 53.4 Å². The number of hydrogen-bond donors (Lipinski definition) is 0. The lowest BCUT2D eigenvalue weighted by atomic mass is 10.1. The number of benzene rings is 2. The molecule has 0 spiro atoms. The van der Waals surface area contributed by atoms with Crippen molar-refractivity contribution in [3.8, 4) is 17.4 Å². The van der Waals surface area contributed by atoms with E-state index in [1.54, 1.807) is 6.07 Å². The standard InChI is InChI=1S/C18H17N2O/c1-3-20(4-2)16-8-7-15-10-14-6-5-13(12-19)9-17(14)21-18(15)11-16/h5-11H,3-4H2,1-2H3/q+1. The lowest BCUT2D eigenvalue weighted by molar-refractivity contribution is 0.604. The molecule has 0 N–H and O–H groups in total. The smallest absolute Gasteiger partial charge is 0.203 e. The lowest BCUT2D eigenvalue weighted by Gasteiger charge is -2.07. The van der Waals surface area contributed by atoms with Crippen molar-refractivity contribution in [2.24, 2.45) is 0 Å². The zero-order valence-corrected chi connectivity index (χ0v) is 12.3. The van der Waals surface area contributed by atoms with Gasteiger partial charge in [-0.05, 0) is 44.2 Å². The topological polar surface area (TPSA) is 39.9 Å². The fourth-order valence-corrected chi connectivity index (χ4v) is 2.61. The SMILES string of the molecule is CC[N+](CC)=c1ccc2cc3ccc(C#N)cc3oc-2c1. The van der Waals surface area contributed by atoms with Crippen molar-refractivity contribution in [1.29, 1.82) is 5.26 Å². The quantitative estimate of drug-likeness (QED) is 0.533. The van der Waals surface area contributed by atoms with E-state index in [2.05, 4.69) is 48.8 Å². The molecule has 0 bridgehead atoms. The summed E-state index contributed by atoms with van der Waals surface area (Å²) >= 11 is 0. The molecule has 104 valence electrons. The normalized spacial score (nSPS) is 10.7. The molecule has 3 nitrogen and oxygen atoms in total. The maximum absolute atomic E-state index is 8.99. The molecule has 1 aliphatic heterocycles. The van der Waals surface area contributed by atoms with Crippen LogP contribution in [-0.2, 0) is 0 Å². The van der Waals surface area contributed by atoms with Gasteiger partial charge in [0.05, 0.1) is 17.7 Å². The van der Waals surface area contributed by atoms with Gasteiger partial charge in [-0.1, -0.05) is 0 Å². The van der Waals surface area contributed by atoms with Gasteiger partial charge in [0.25, 0.3) is 0 Å². The predicted molar refractivity (Wildman–Crippen MR) is 83.9 cm³/mol. The van der Waals surface area contributed by atoms with Crippen LogP contribution in [-0.4, -0.2) is 13.1 Å². The molecular weight excluding hydrogens is 260 g/mol. The Hall–Kier alpha value is -2.60. The van der Waals surface area contributed by atoms with Gasteiger partial charge in [-0.25, -0.2) is 4.58 Å². The van der Waals surface area contributed by atoms with Gasteiger partial charge in [0, 0.05) is 17.0 Å². The molecule has 1 aromatic carbocycles. The molecule has 3 heteroatoms. The van der Waals surface area contributed by atoms with Crippen LogP contribution < -0.4 is 9.93 Å². The van der Waals surface area contributed by atoms with Crippen molar-refractivity contribution in [2.75, 3.05) is 13.1 Å². The number of fused-ring (bicyclic) bond motifs is 2. The summed E-state index contributed by atoms with van der Waals surface area (Å²) in [6.07, 6.45) is 0. The first-order chi connectivity index (χ1) is 10.2. The molecule has 0 fully saturated rings. The molecule has 0 radical (unpaired) electrons. The van der Waals surface area contributed by atoms with Crippen molar-refractivity contribution >= 4 is 11.0 Å². The van der Waals surface area contributed by atoms with Crippen molar-refractivity contribution < 1.29 is 4.42 Å². The minimum Gasteiger partial charge on any atom is -0.456 e. The molecule has 1 heterocycles. The van der Waals surface area contributed by atoms with Gasteiger partial charge in [0.15, 0.2) is 0 Å². The van der Waals surface area contributed by atoms with E-state index >= 15 is 0 Å². The maximum Gasteiger partial charge on any atom is 0.203 e. The number of nitrogens with zero attached hydrogens (tertiary/aromatic N) is 2. The molecule has 2 aliphatic rings. The van der Waals surface area contributed by atoms with E-state index in [1.165, 1.54) is 0 Å². The van der Waals surface area contributed by atoms with Gasteiger partial charge < -0.3 is 4.42 Å². The fraction of sp³-hybridized carbons (Fsp3) is 0.222. The summed E-state index contributed by atoms with van der Waals surface area (Å²) in [6.45, 7) is 6.22. The number of nitriles is 1. The molecule has 0 unspecified atom stereocenters. The highest BCUT2D eigenvalue weighted by atomic mass is 16.3. The van der Waals surface area contributed by atoms with Crippen molar-refractivity contribution in [2.45, 2.75) is 13.8 Å². The first kappa shape index (κ1) is 13.4. The van der Waals surface area contributed by atoms with E-state index in [4.69, 9.17) is 9.68 Å². The Morgan fingerprint density at radius 3 is 2.57 bits per heavy atom. The maximum atomic E-state index is 8.99. The van der Waals surface area contributed by atoms with Gasteiger partial charge >= 0.3 is 0 Å². The van der Waals surface area contributed by atoms with E-state index in [0.29, 0.717) is 5.56 Å². The Kier molecular flexibility index (Phi) is 3.45. The highest BCUT2D eigenvalue weighted by Crippen LogP contribution is 2.27. The Labute approximate surface area is 123 Å². The van der Waals surface area contributed by atoms with Gasteiger partial charge in [-0.3, -0.25) is 0 Å². The highest BCUT2D eigenvalue weighted by molar-refractivity contribution is 5.83. The fourth-order valence-electron chi connectivity index (χ4n) is 2.61. The first-order valence-electron chi connectivity index (χ1n) is 7.21. The molecule has 0 amide bonds. The summed E-state index contributed by atoms with van der Waals surface area (Å²) in [5, 5.41) is 11.2. The summed E-state index contributed by atoms with van der Waals surface area (Å²) in [6, 6.07) is 16.1. The van der Waals surface area contributed by atoms with Gasteiger partial charge in [-0.15, -0.1) is 0 Å². The third-order valence-corrected chi connectivity index (χ3v) is 3.80. The molecular formula is C18H17N2O+. The van der Waals surface area contributed by atoms with Crippen LogP contribution in [0, 0.1) is 11.3 Å². The van der Waals surface area contributed by atoms with Crippen LogP contribution in [0.2, 0.25) is 0 Å². The average molecular weight is 277 g/mol. The molecule has 1 aromatic rings. The second-order valence-corrected chi connectivity index (χ2v) is 5.01. The van der Waals surface area contributed by atoms with Crippen LogP contribution in [0.1, 0.15) is 19.4 Å². The van der Waals surface area contributed by atoms with E-state index in [-0.39, 0.29) is 0 Å². The summed E-state index contributed by atoms with van der Waals surface area (Å²) < 4.78 is 8.27. The zero-order chi connectivity index (χ0) is 14.8. The minimum atomic E-state index is 0.616. The molecule has 21 heavy (non-hydrogen) atoms. The molecule has 0 saturated heterocycles. The lowest BCUT2D eigenvalue weighted by Crippen LogP contribution is -2.29. The number of hydrogen-bond acceptors (Lipinski definition) is 2. The van der Waals surface area contributed by atoms with Crippen molar-refractivity contribution in [1.82, 2.24) is 4.58 Å². The van der Waals surface area contributed by atoms with E-state index in [1.807, 2.05) is 12.1 Å². The van der Waals surface area contributed by atoms with E-state index in [0.717, 1.165) is 40.7 Å². The van der Waals surface area contributed by atoms with Gasteiger partial charge in [0.2, 0.25) is 5.36 Å². The largest absolute Gasteiger partial charge is 0.456 e. The van der Waals surface area contributed by atoms with Crippen LogP contribution in [0.4, 0.5) is 0 Å². The van der Waals surface area contributed by atoms with Gasteiger partial charge in [0.1, 0.15) is 24.4 Å².